The number of methoxy groups -OCH3 is 2. The lowest BCUT2D eigenvalue weighted by Crippen LogP contribution is -2.60. The maximum Gasteiger partial charge on any atom is 0.164 e. The van der Waals surface area contributed by atoms with E-state index in [0.29, 0.717) is 24.2 Å². The van der Waals surface area contributed by atoms with E-state index in [-0.39, 0.29) is 5.41 Å². The van der Waals surface area contributed by atoms with Crippen molar-refractivity contribution in [1.29, 1.82) is 0 Å². The number of carbonyl (C=O) groups is 1. The number of nitrogens with zero attached hydrogens (tertiary/aromatic N) is 1. The second-order valence-electron chi connectivity index (χ2n) is 7.35. The number of benzene rings is 1. The molecule has 1 saturated carbocycles. The number of piperidine rings is 1. The fourth-order valence-electron chi connectivity index (χ4n) is 5.44. The smallest absolute Gasteiger partial charge is 0.164 e. The molecule has 2 aliphatic carbocycles. The van der Waals surface area contributed by atoms with Crippen molar-refractivity contribution in [3.63, 3.8) is 0 Å². The summed E-state index contributed by atoms with van der Waals surface area (Å²) in [5.74, 6) is 2.67. The average molecular weight is 315 g/mol. The Hall–Kier alpha value is -1.55. The van der Waals surface area contributed by atoms with Crippen LogP contribution >= 0.6 is 0 Å². The Labute approximate surface area is 137 Å². The Kier molecular flexibility index (Phi) is 3.41. The number of carbonyl (C=O) groups excluding carboxylic acids is 1. The Morgan fingerprint density at radius 1 is 1.26 bits per heavy atom. The molecule has 4 nitrogen and oxygen atoms in total. The molecule has 2 fully saturated rings. The number of ether oxygens (including phenoxy) is 2. The van der Waals surface area contributed by atoms with E-state index < -0.39 is 0 Å². The van der Waals surface area contributed by atoms with E-state index in [1.165, 1.54) is 11.1 Å². The van der Waals surface area contributed by atoms with Crippen LogP contribution in [-0.4, -0.2) is 44.5 Å². The van der Waals surface area contributed by atoms with E-state index in [4.69, 9.17) is 9.47 Å². The van der Waals surface area contributed by atoms with Crippen molar-refractivity contribution in [2.24, 2.45) is 5.92 Å². The molecule has 0 amide bonds. The quantitative estimate of drug-likeness (QED) is 0.841. The first-order valence-electron chi connectivity index (χ1n) is 8.57. The van der Waals surface area contributed by atoms with Crippen molar-refractivity contribution < 1.29 is 14.3 Å². The van der Waals surface area contributed by atoms with Gasteiger partial charge in [0.1, 0.15) is 5.78 Å². The van der Waals surface area contributed by atoms with Gasteiger partial charge in [0, 0.05) is 29.9 Å². The largest absolute Gasteiger partial charge is 0.493 e. The van der Waals surface area contributed by atoms with Gasteiger partial charge in [-0.3, -0.25) is 4.79 Å². The van der Waals surface area contributed by atoms with Crippen LogP contribution in [0.1, 0.15) is 36.8 Å². The summed E-state index contributed by atoms with van der Waals surface area (Å²) in [7, 11) is 5.63. The molecule has 1 aromatic rings. The number of ketones is 1. The summed E-state index contributed by atoms with van der Waals surface area (Å²) >= 11 is 0. The third-order valence-electron chi connectivity index (χ3n) is 6.50. The standard InChI is InChI=1S/C19H25NO3/c1-20-9-8-19-11-12(21)4-5-15(19)16(20)10-13-14(19)6-7-17(22-2)18(13)23-3/h6-7,15-16H,4-5,8-11H2,1-3H3/t15-,16+,19+/m0/s1. The fourth-order valence-corrected chi connectivity index (χ4v) is 5.44. The van der Waals surface area contributed by atoms with Crippen LogP contribution in [0.25, 0.3) is 0 Å². The van der Waals surface area contributed by atoms with Crippen LogP contribution in [0.3, 0.4) is 0 Å². The van der Waals surface area contributed by atoms with Crippen molar-refractivity contribution >= 4 is 5.78 Å². The summed E-state index contributed by atoms with van der Waals surface area (Å²) < 4.78 is 11.2. The summed E-state index contributed by atoms with van der Waals surface area (Å²) in [6.45, 7) is 1.07. The number of fused-ring (bicyclic) bond motifs is 1. The number of hydrogen-bond acceptors (Lipinski definition) is 4. The second kappa shape index (κ2) is 5.23. The molecule has 3 atom stereocenters. The van der Waals surface area contributed by atoms with Gasteiger partial charge in [-0.1, -0.05) is 6.07 Å². The molecular weight excluding hydrogens is 290 g/mol. The van der Waals surface area contributed by atoms with Gasteiger partial charge in [0.2, 0.25) is 0 Å². The SMILES string of the molecule is COc1ccc2c(c1OC)C[C@@H]1[C@@H]3CCC(=O)C[C@]23CCN1C. The van der Waals surface area contributed by atoms with Crippen molar-refractivity contribution in [2.45, 2.75) is 43.6 Å². The molecule has 0 N–H and O–H groups in total. The van der Waals surface area contributed by atoms with Gasteiger partial charge >= 0.3 is 0 Å². The van der Waals surface area contributed by atoms with Gasteiger partial charge in [0.25, 0.3) is 0 Å². The van der Waals surface area contributed by atoms with Crippen LogP contribution in [0, 0.1) is 5.92 Å². The van der Waals surface area contributed by atoms with Crippen molar-refractivity contribution in [3.8, 4) is 11.5 Å². The lowest BCUT2D eigenvalue weighted by Gasteiger charge is -2.58. The van der Waals surface area contributed by atoms with Gasteiger partial charge in [-0.05, 0) is 50.4 Å². The van der Waals surface area contributed by atoms with Gasteiger partial charge in [0.05, 0.1) is 14.2 Å². The molecule has 0 aromatic heterocycles. The number of hydrogen-bond donors (Lipinski definition) is 0. The van der Waals surface area contributed by atoms with Crippen LogP contribution in [0.5, 0.6) is 11.5 Å². The van der Waals surface area contributed by atoms with Crippen LogP contribution in [-0.2, 0) is 16.6 Å². The maximum atomic E-state index is 12.3. The highest BCUT2D eigenvalue weighted by molar-refractivity contribution is 5.82. The first-order valence-corrected chi connectivity index (χ1v) is 8.57. The number of rotatable bonds is 2. The van der Waals surface area contributed by atoms with E-state index in [1.807, 2.05) is 6.07 Å². The molecule has 23 heavy (non-hydrogen) atoms. The van der Waals surface area contributed by atoms with Crippen molar-refractivity contribution in [3.05, 3.63) is 23.3 Å². The first kappa shape index (κ1) is 15.0. The minimum absolute atomic E-state index is 0.0135. The summed E-state index contributed by atoms with van der Waals surface area (Å²) in [6.07, 6.45) is 4.54. The average Bonchev–Trinajstić information content (AvgIpc) is 2.56. The molecule has 3 aliphatic rings. The summed E-state index contributed by atoms with van der Waals surface area (Å²) in [5.41, 5.74) is 2.62. The van der Waals surface area contributed by atoms with E-state index in [2.05, 4.69) is 18.0 Å². The van der Waals surface area contributed by atoms with Crippen molar-refractivity contribution in [1.82, 2.24) is 4.90 Å². The predicted molar refractivity (Wildman–Crippen MR) is 88.3 cm³/mol. The summed E-state index contributed by atoms with van der Waals surface area (Å²) in [5, 5.41) is 0. The van der Waals surface area contributed by atoms with E-state index in [1.54, 1.807) is 14.2 Å². The van der Waals surface area contributed by atoms with Crippen LogP contribution < -0.4 is 9.47 Å². The maximum absolute atomic E-state index is 12.3. The molecular formula is C19H25NO3. The Balaban J connectivity index is 1.93. The Morgan fingerprint density at radius 3 is 2.83 bits per heavy atom. The molecule has 0 unspecified atom stereocenters. The van der Waals surface area contributed by atoms with Gasteiger partial charge in [-0.15, -0.1) is 0 Å². The highest BCUT2D eigenvalue weighted by atomic mass is 16.5. The zero-order valence-corrected chi connectivity index (χ0v) is 14.2. The Bertz CT molecular complexity index is 656. The third-order valence-corrected chi connectivity index (χ3v) is 6.50. The van der Waals surface area contributed by atoms with Crippen LogP contribution in [0.4, 0.5) is 0 Å². The number of likely N-dealkylation sites (N-methyl/N-ethyl adjacent to an activating group) is 1. The molecule has 4 heteroatoms. The van der Waals surface area contributed by atoms with Gasteiger partial charge in [0.15, 0.2) is 11.5 Å². The molecule has 4 rings (SSSR count). The minimum Gasteiger partial charge on any atom is -0.493 e. The normalized spacial score (nSPS) is 32.9. The summed E-state index contributed by atoms with van der Waals surface area (Å²) in [6, 6.07) is 4.72. The highest BCUT2D eigenvalue weighted by Crippen LogP contribution is 2.57. The predicted octanol–water partition coefficient (Wildman–Crippen LogP) is 2.57. The van der Waals surface area contributed by atoms with E-state index >= 15 is 0 Å². The topological polar surface area (TPSA) is 38.8 Å². The van der Waals surface area contributed by atoms with E-state index in [9.17, 15) is 4.79 Å². The summed E-state index contributed by atoms with van der Waals surface area (Å²) in [4.78, 5) is 14.8. The van der Waals surface area contributed by atoms with E-state index in [0.717, 1.165) is 43.7 Å². The molecule has 2 bridgehead atoms. The molecule has 1 aliphatic heterocycles. The lowest BCUT2D eigenvalue weighted by atomic mass is 9.52. The third kappa shape index (κ3) is 1.97. The Morgan fingerprint density at radius 2 is 2.09 bits per heavy atom. The first-order chi connectivity index (χ1) is 11.1. The van der Waals surface area contributed by atoms with Gasteiger partial charge in [-0.25, -0.2) is 0 Å². The highest BCUT2D eigenvalue weighted by Gasteiger charge is 2.55. The van der Waals surface area contributed by atoms with Crippen molar-refractivity contribution in [2.75, 3.05) is 27.8 Å². The number of likely N-dealkylation sites (tertiary alicyclic amines) is 1. The molecule has 1 aromatic carbocycles. The minimum atomic E-state index is 0.0135. The molecule has 1 heterocycles. The van der Waals surface area contributed by atoms with Crippen LogP contribution in [0.2, 0.25) is 0 Å². The fraction of sp³-hybridized carbons (Fsp3) is 0.632. The van der Waals surface area contributed by atoms with Gasteiger partial charge < -0.3 is 14.4 Å². The monoisotopic (exact) mass is 315 g/mol. The van der Waals surface area contributed by atoms with Crippen LogP contribution in [0.15, 0.2) is 12.1 Å². The molecule has 0 radical (unpaired) electrons. The van der Waals surface area contributed by atoms with Gasteiger partial charge in [-0.2, -0.15) is 0 Å². The molecule has 1 saturated heterocycles. The zero-order chi connectivity index (χ0) is 16.2. The lowest BCUT2D eigenvalue weighted by molar-refractivity contribution is -0.126. The molecule has 124 valence electrons. The second-order valence-corrected chi connectivity index (χ2v) is 7.35. The number of Topliss-reactive ketones (excluding diaryl/α,β-unsaturated/α-hetero) is 1. The molecule has 0 spiro atoms. The zero-order valence-electron chi connectivity index (χ0n) is 14.2.